The van der Waals surface area contributed by atoms with Crippen LogP contribution in [0.5, 0.6) is 0 Å². The monoisotopic (exact) mass is 416 g/mol. The van der Waals surface area contributed by atoms with Gasteiger partial charge < -0.3 is 15.3 Å². The molecule has 3 aliphatic rings. The fourth-order valence-electron chi connectivity index (χ4n) is 6.90. The molecule has 3 nitrogen and oxygen atoms in total. The Hall–Kier alpha value is -0.900. The summed E-state index contributed by atoms with van der Waals surface area (Å²) >= 11 is 0. The van der Waals surface area contributed by atoms with Crippen molar-refractivity contribution in [2.75, 3.05) is 0 Å². The van der Waals surface area contributed by atoms with Crippen LogP contribution in [0.3, 0.4) is 0 Å². The van der Waals surface area contributed by atoms with Gasteiger partial charge in [-0.25, -0.2) is 0 Å². The second kappa shape index (κ2) is 9.30. The number of allylic oxidation sites excluding steroid dienone is 4. The second-order valence-corrected chi connectivity index (χ2v) is 11.3. The molecule has 0 aromatic carbocycles. The van der Waals surface area contributed by atoms with Crippen molar-refractivity contribution in [2.45, 2.75) is 110 Å². The molecule has 0 bridgehead atoms. The third kappa shape index (κ3) is 5.11. The standard InChI is InChI=1S/C27H44O3/c1-18(2)15-23(29)17-27(5,30)25-13-12-24-20(7-6-14-26(24,25)4)9-10-21-16-22(28)11-8-19(21)3/h9-10,18,22-25,28-30H,3,6-8,11-17H2,1-2,4-5H3/t22-,23?,24?,25-,26-,27-/m0/s1. The van der Waals surface area contributed by atoms with Crippen molar-refractivity contribution < 1.29 is 15.3 Å². The van der Waals surface area contributed by atoms with Crippen LogP contribution in [0.2, 0.25) is 0 Å². The average Bonchev–Trinajstić information content (AvgIpc) is 2.99. The Morgan fingerprint density at radius 2 is 1.93 bits per heavy atom. The van der Waals surface area contributed by atoms with E-state index in [1.165, 1.54) is 16.7 Å². The third-order valence-electron chi connectivity index (χ3n) is 8.30. The Bertz CT molecular complexity index is 686. The van der Waals surface area contributed by atoms with Crippen LogP contribution in [0.4, 0.5) is 0 Å². The van der Waals surface area contributed by atoms with Gasteiger partial charge in [-0.05, 0) is 93.5 Å². The smallest absolute Gasteiger partial charge is 0.0677 e. The molecule has 170 valence electrons. The first-order chi connectivity index (χ1) is 14.0. The van der Waals surface area contributed by atoms with E-state index in [4.69, 9.17) is 0 Å². The lowest BCUT2D eigenvalue weighted by atomic mass is 9.59. The molecule has 0 heterocycles. The summed E-state index contributed by atoms with van der Waals surface area (Å²) in [6, 6.07) is 0. The molecule has 0 radical (unpaired) electrons. The lowest BCUT2D eigenvalue weighted by Gasteiger charge is -2.47. The minimum absolute atomic E-state index is 0.0900. The first kappa shape index (κ1) is 23.8. The molecule has 3 N–H and O–H groups in total. The highest BCUT2D eigenvalue weighted by molar-refractivity contribution is 5.36. The molecule has 0 aromatic heterocycles. The van der Waals surface area contributed by atoms with E-state index in [2.05, 4.69) is 39.5 Å². The Morgan fingerprint density at radius 3 is 2.63 bits per heavy atom. The molecular formula is C27H44O3. The molecule has 2 unspecified atom stereocenters. The van der Waals surface area contributed by atoms with Crippen LogP contribution in [0.1, 0.15) is 91.9 Å². The molecule has 3 aliphatic carbocycles. The zero-order valence-corrected chi connectivity index (χ0v) is 19.7. The van der Waals surface area contributed by atoms with Crippen molar-refractivity contribution in [3.05, 3.63) is 35.5 Å². The number of rotatable bonds is 6. The van der Waals surface area contributed by atoms with Gasteiger partial charge in [0.15, 0.2) is 0 Å². The van der Waals surface area contributed by atoms with Gasteiger partial charge in [-0.2, -0.15) is 0 Å². The molecule has 0 amide bonds. The second-order valence-electron chi connectivity index (χ2n) is 11.3. The highest BCUT2D eigenvalue weighted by atomic mass is 16.3. The zero-order chi connectivity index (χ0) is 22.1. The molecule has 0 saturated heterocycles. The summed E-state index contributed by atoms with van der Waals surface area (Å²) < 4.78 is 0. The van der Waals surface area contributed by atoms with Crippen LogP contribution >= 0.6 is 0 Å². The lowest BCUT2D eigenvalue weighted by molar-refractivity contribution is -0.0867. The normalized spacial score (nSPS) is 38.1. The van der Waals surface area contributed by atoms with Crippen LogP contribution in [0, 0.1) is 23.2 Å². The van der Waals surface area contributed by atoms with Crippen LogP contribution < -0.4 is 0 Å². The third-order valence-corrected chi connectivity index (χ3v) is 8.30. The summed E-state index contributed by atoms with van der Waals surface area (Å²) in [6.07, 6.45) is 13.1. The first-order valence-corrected chi connectivity index (χ1v) is 12.2. The number of fused-ring (bicyclic) bond motifs is 1. The van der Waals surface area contributed by atoms with Crippen molar-refractivity contribution in [1.82, 2.24) is 0 Å². The quantitative estimate of drug-likeness (QED) is 0.520. The van der Waals surface area contributed by atoms with Crippen LogP contribution in [-0.2, 0) is 0 Å². The molecule has 0 aliphatic heterocycles. The molecular weight excluding hydrogens is 372 g/mol. The Balaban J connectivity index is 1.77. The van der Waals surface area contributed by atoms with Gasteiger partial charge in [-0.1, -0.05) is 50.6 Å². The Morgan fingerprint density at radius 1 is 1.20 bits per heavy atom. The number of aliphatic hydroxyl groups is 3. The maximum Gasteiger partial charge on any atom is 0.0677 e. The molecule has 0 aromatic rings. The highest BCUT2D eigenvalue weighted by Crippen LogP contribution is 2.60. The van der Waals surface area contributed by atoms with Crippen molar-refractivity contribution in [2.24, 2.45) is 23.2 Å². The lowest BCUT2D eigenvalue weighted by Crippen LogP contribution is -2.47. The van der Waals surface area contributed by atoms with Gasteiger partial charge in [0.2, 0.25) is 0 Å². The highest BCUT2D eigenvalue weighted by Gasteiger charge is 2.55. The molecule has 3 heteroatoms. The summed E-state index contributed by atoms with van der Waals surface area (Å²) in [7, 11) is 0. The molecule has 6 atom stereocenters. The van der Waals surface area contributed by atoms with Crippen LogP contribution in [0.15, 0.2) is 35.5 Å². The predicted molar refractivity (Wildman–Crippen MR) is 124 cm³/mol. The largest absolute Gasteiger partial charge is 0.393 e. The molecule has 30 heavy (non-hydrogen) atoms. The number of aliphatic hydroxyl groups excluding tert-OH is 2. The fraction of sp³-hybridized carbons (Fsp3) is 0.778. The SMILES string of the molecule is C=C1CC[C@H](O)CC1=CC=C1CCC[C@@]2(C)C1CC[C@@H]2[C@@](C)(O)CC(O)CC(C)C. The number of hydrogen-bond acceptors (Lipinski definition) is 3. The van der Waals surface area contributed by atoms with E-state index >= 15 is 0 Å². The van der Waals surface area contributed by atoms with E-state index in [9.17, 15) is 15.3 Å². The fourth-order valence-corrected chi connectivity index (χ4v) is 6.90. The average molecular weight is 417 g/mol. The minimum Gasteiger partial charge on any atom is -0.393 e. The summed E-state index contributed by atoms with van der Waals surface area (Å²) in [5, 5.41) is 32.0. The van der Waals surface area contributed by atoms with Gasteiger partial charge >= 0.3 is 0 Å². The van der Waals surface area contributed by atoms with Gasteiger partial charge in [-0.3, -0.25) is 0 Å². The van der Waals surface area contributed by atoms with Crippen molar-refractivity contribution in [3.8, 4) is 0 Å². The van der Waals surface area contributed by atoms with Crippen molar-refractivity contribution in [1.29, 1.82) is 0 Å². The van der Waals surface area contributed by atoms with Crippen LogP contribution in [-0.4, -0.2) is 33.1 Å². The van der Waals surface area contributed by atoms with Gasteiger partial charge in [0.1, 0.15) is 0 Å². The summed E-state index contributed by atoms with van der Waals surface area (Å²) in [5.41, 5.74) is 3.13. The van der Waals surface area contributed by atoms with E-state index in [1.807, 2.05) is 6.92 Å². The first-order valence-electron chi connectivity index (χ1n) is 12.2. The van der Waals surface area contributed by atoms with Gasteiger partial charge in [0.05, 0.1) is 17.8 Å². The maximum absolute atomic E-state index is 11.5. The van der Waals surface area contributed by atoms with Crippen LogP contribution in [0.25, 0.3) is 0 Å². The van der Waals surface area contributed by atoms with Gasteiger partial charge in [0.25, 0.3) is 0 Å². The predicted octanol–water partition coefficient (Wildman–Crippen LogP) is 5.70. The minimum atomic E-state index is -0.833. The molecule has 3 rings (SSSR count). The molecule has 3 fully saturated rings. The zero-order valence-electron chi connectivity index (χ0n) is 19.7. The Labute approximate surface area is 184 Å². The maximum atomic E-state index is 11.5. The van der Waals surface area contributed by atoms with Crippen molar-refractivity contribution >= 4 is 0 Å². The summed E-state index contributed by atoms with van der Waals surface area (Å²) in [4.78, 5) is 0. The summed E-state index contributed by atoms with van der Waals surface area (Å²) in [6.45, 7) is 12.8. The molecule has 0 spiro atoms. The number of hydrogen-bond donors (Lipinski definition) is 3. The van der Waals surface area contributed by atoms with Crippen molar-refractivity contribution in [3.63, 3.8) is 0 Å². The van der Waals surface area contributed by atoms with Gasteiger partial charge in [-0.15, -0.1) is 0 Å². The van der Waals surface area contributed by atoms with Gasteiger partial charge in [0, 0.05) is 6.42 Å². The van der Waals surface area contributed by atoms with E-state index in [1.54, 1.807) is 0 Å². The van der Waals surface area contributed by atoms with E-state index in [-0.39, 0.29) is 17.4 Å². The van der Waals surface area contributed by atoms with E-state index in [0.29, 0.717) is 18.3 Å². The summed E-state index contributed by atoms with van der Waals surface area (Å²) in [5.74, 6) is 1.16. The Kier molecular flexibility index (Phi) is 7.37. The van der Waals surface area contributed by atoms with E-state index < -0.39 is 11.7 Å². The topological polar surface area (TPSA) is 60.7 Å². The van der Waals surface area contributed by atoms with E-state index in [0.717, 1.165) is 57.8 Å². The molecule has 3 saturated carbocycles.